The Morgan fingerprint density at radius 1 is 1.47 bits per heavy atom. The third kappa shape index (κ3) is 3.71. The molecule has 0 saturated carbocycles. The molecular formula is C15H25N3S. The molecule has 19 heavy (non-hydrogen) atoms. The van der Waals surface area contributed by atoms with Crippen molar-refractivity contribution in [3.63, 3.8) is 0 Å². The summed E-state index contributed by atoms with van der Waals surface area (Å²) in [6, 6.07) is 2.39. The van der Waals surface area contributed by atoms with E-state index in [0.717, 1.165) is 13.1 Å². The van der Waals surface area contributed by atoms with Crippen LogP contribution in [0.1, 0.15) is 37.4 Å². The molecule has 4 heteroatoms. The van der Waals surface area contributed by atoms with Crippen LogP contribution in [0.3, 0.4) is 0 Å². The molecule has 1 atom stereocenters. The third-order valence-corrected chi connectivity index (χ3v) is 5.35. The Hall–Kier alpha value is -0.580. The summed E-state index contributed by atoms with van der Waals surface area (Å²) in [5.41, 5.74) is 8.63. The highest BCUT2D eigenvalue weighted by Gasteiger charge is 2.28. The Kier molecular flexibility index (Phi) is 4.87. The van der Waals surface area contributed by atoms with E-state index >= 15 is 0 Å². The summed E-state index contributed by atoms with van der Waals surface area (Å²) in [7, 11) is 0. The van der Waals surface area contributed by atoms with E-state index in [1.807, 2.05) is 12.4 Å². The minimum atomic E-state index is 0.309. The molecule has 1 aliphatic rings. The van der Waals surface area contributed by atoms with Gasteiger partial charge in [-0.05, 0) is 30.5 Å². The van der Waals surface area contributed by atoms with Crippen LogP contribution in [0.15, 0.2) is 18.5 Å². The fourth-order valence-corrected chi connectivity index (χ4v) is 3.76. The molecule has 0 radical (unpaired) electrons. The molecule has 0 amide bonds. The van der Waals surface area contributed by atoms with Crippen molar-refractivity contribution in [1.29, 1.82) is 0 Å². The van der Waals surface area contributed by atoms with Crippen LogP contribution in [0.2, 0.25) is 0 Å². The Bertz CT molecular complexity index is 420. The van der Waals surface area contributed by atoms with E-state index in [9.17, 15) is 0 Å². The molecule has 1 aromatic heterocycles. The Labute approximate surface area is 121 Å². The fraction of sp³-hybridized carbons (Fsp3) is 0.667. The largest absolute Gasteiger partial charge is 0.329 e. The average Bonchev–Trinajstić information content (AvgIpc) is 2.54. The van der Waals surface area contributed by atoms with Crippen molar-refractivity contribution >= 4 is 11.8 Å². The molecule has 2 N–H and O–H groups in total. The van der Waals surface area contributed by atoms with E-state index in [4.69, 9.17) is 5.73 Å². The maximum atomic E-state index is 6.05. The van der Waals surface area contributed by atoms with Gasteiger partial charge in [0, 0.05) is 48.6 Å². The van der Waals surface area contributed by atoms with Crippen molar-refractivity contribution < 1.29 is 0 Å². The van der Waals surface area contributed by atoms with Gasteiger partial charge in [-0.2, -0.15) is 11.8 Å². The van der Waals surface area contributed by atoms with Gasteiger partial charge >= 0.3 is 0 Å². The van der Waals surface area contributed by atoms with Crippen LogP contribution in [-0.4, -0.2) is 40.0 Å². The molecule has 0 aliphatic carbocycles. The Morgan fingerprint density at radius 2 is 2.26 bits per heavy atom. The quantitative estimate of drug-likeness (QED) is 0.923. The second-order valence-corrected chi connectivity index (χ2v) is 7.68. The lowest BCUT2D eigenvalue weighted by molar-refractivity contribution is 0.210. The van der Waals surface area contributed by atoms with Crippen LogP contribution in [0.25, 0.3) is 0 Å². The molecule has 0 spiro atoms. The van der Waals surface area contributed by atoms with Crippen molar-refractivity contribution in [3.8, 4) is 0 Å². The summed E-state index contributed by atoms with van der Waals surface area (Å²) < 4.78 is 0.387. The van der Waals surface area contributed by atoms with Crippen molar-refractivity contribution in [3.05, 3.63) is 29.6 Å². The van der Waals surface area contributed by atoms with Gasteiger partial charge in [0.05, 0.1) is 0 Å². The number of nitrogens with zero attached hydrogens (tertiary/aromatic N) is 2. The molecule has 2 rings (SSSR count). The van der Waals surface area contributed by atoms with Crippen LogP contribution in [-0.2, 0) is 0 Å². The average molecular weight is 279 g/mol. The number of hydrogen-bond acceptors (Lipinski definition) is 4. The SMILES string of the molecule is Cc1ccncc1C(CN)N1CCSC(C)(C)CC1. The molecule has 1 saturated heterocycles. The van der Waals surface area contributed by atoms with Crippen LogP contribution in [0.4, 0.5) is 0 Å². The number of nitrogens with two attached hydrogens (primary N) is 1. The van der Waals surface area contributed by atoms with Gasteiger partial charge in [0.25, 0.3) is 0 Å². The lowest BCUT2D eigenvalue weighted by Crippen LogP contribution is -2.36. The smallest absolute Gasteiger partial charge is 0.0488 e. The molecule has 0 bridgehead atoms. The molecule has 2 heterocycles. The summed E-state index contributed by atoms with van der Waals surface area (Å²) in [5.74, 6) is 1.18. The monoisotopic (exact) mass is 279 g/mol. The lowest BCUT2D eigenvalue weighted by atomic mass is 10.0. The topological polar surface area (TPSA) is 42.1 Å². The second kappa shape index (κ2) is 6.25. The molecule has 0 aromatic carbocycles. The number of aryl methyl sites for hydroxylation is 1. The van der Waals surface area contributed by atoms with Crippen LogP contribution in [0.5, 0.6) is 0 Å². The molecule has 1 aliphatic heterocycles. The first-order valence-corrected chi connectivity index (χ1v) is 8.00. The van der Waals surface area contributed by atoms with E-state index < -0.39 is 0 Å². The summed E-state index contributed by atoms with van der Waals surface area (Å²) in [4.78, 5) is 6.81. The molecule has 1 fully saturated rings. The highest BCUT2D eigenvalue weighted by molar-refractivity contribution is 8.00. The zero-order chi connectivity index (χ0) is 13.9. The predicted octanol–water partition coefficient (Wildman–Crippen LogP) is 2.61. The highest BCUT2D eigenvalue weighted by Crippen LogP contribution is 2.33. The van der Waals surface area contributed by atoms with Gasteiger partial charge in [-0.3, -0.25) is 9.88 Å². The van der Waals surface area contributed by atoms with E-state index in [-0.39, 0.29) is 0 Å². The minimum Gasteiger partial charge on any atom is -0.329 e. The summed E-state index contributed by atoms with van der Waals surface area (Å²) >= 11 is 2.07. The maximum absolute atomic E-state index is 6.05. The van der Waals surface area contributed by atoms with Crippen LogP contribution in [0, 0.1) is 6.92 Å². The van der Waals surface area contributed by atoms with E-state index in [2.05, 4.69) is 48.5 Å². The maximum Gasteiger partial charge on any atom is 0.0488 e. The molecule has 106 valence electrons. The van der Waals surface area contributed by atoms with Gasteiger partial charge in [0.2, 0.25) is 0 Å². The summed E-state index contributed by atoms with van der Waals surface area (Å²) in [5, 5.41) is 0. The standard InChI is InChI=1S/C15H25N3S/c1-12-4-6-17-11-13(12)14(10-16)18-7-5-15(2,3)19-9-8-18/h4,6,11,14H,5,7-10,16H2,1-3H3. The first-order valence-electron chi connectivity index (χ1n) is 7.02. The molecule has 1 aromatic rings. The second-order valence-electron chi connectivity index (χ2n) is 5.88. The van der Waals surface area contributed by atoms with E-state index in [1.54, 1.807) is 0 Å². The summed E-state index contributed by atoms with van der Waals surface area (Å²) in [6.45, 7) is 9.73. The number of aromatic nitrogens is 1. The van der Waals surface area contributed by atoms with Crippen molar-refractivity contribution in [2.75, 3.05) is 25.4 Å². The van der Waals surface area contributed by atoms with E-state index in [0.29, 0.717) is 17.3 Å². The predicted molar refractivity (Wildman–Crippen MR) is 83.5 cm³/mol. The van der Waals surface area contributed by atoms with Gasteiger partial charge in [0.15, 0.2) is 0 Å². The van der Waals surface area contributed by atoms with E-state index in [1.165, 1.54) is 23.3 Å². The minimum absolute atomic E-state index is 0.309. The Morgan fingerprint density at radius 3 is 2.95 bits per heavy atom. The van der Waals surface area contributed by atoms with Crippen LogP contribution >= 0.6 is 11.8 Å². The third-order valence-electron chi connectivity index (χ3n) is 3.97. The van der Waals surface area contributed by atoms with Gasteiger partial charge < -0.3 is 5.73 Å². The number of pyridine rings is 1. The van der Waals surface area contributed by atoms with Crippen molar-refractivity contribution in [2.45, 2.75) is 38.0 Å². The van der Waals surface area contributed by atoms with Crippen molar-refractivity contribution in [2.24, 2.45) is 5.73 Å². The first-order chi connectivity index (χ1) is 9.03. The molecule has 1 unspecified atom stereocenters. The fourth-order valence-electron chi connectivity index (χ4n) is 2.65. The first kappa shape index (κ1) is 14.8. The highest BCUT2D eigenvalue weighted by atomic mass is 32.2. The zero-order valence-electron chi connectivity index (χ0n) is 12.2. The van der Waals surface area contributed by atoms with Gasteiger partial charge in [-0.25, -0.2) is 0 Å². The van der Waals surface area contributed by atoms with Gasteiger partial charge in [-0.15, -0.1) is 0 Å². The molecular weight excluding hydrogens is 254 g/mol. The Balaban J connectivity index is 2.16. The van der Waals surface area contributed by atoms with Crippen LogP contribution < -0.4 is 5.73 Å². The summed E-state index contributed by atoms with van der Waals surface area (Å²) in [6.07, 6.45) is 5.05. The zero-order valence-corrected chi connectivity index (χ0v) is 13.0. The van der Waals surface area contributed by atoms with Gasteiger partial charge in [-0.1, -0.05) is 13.8 Å². The number of thioether (sulfide) groups is 1. The lowest BCUT2D eigenvalue weighted by Gasteiger charge is -2.31. The van der Waals surface area contributed by atoms with Crippen molar-refractivity contribution in [1.82, 2.24) is 9.88 Å². The van der Waals surface area contributed by atoms with Gasteiger partial charge in [0.1, 0.15) is 0 Å². The number of rotatable bonds is 3. The molecule has 3 nitrogen and oxygen atoms in total. The normalized spacial score (nSPS) is 21.9. The number of hydrogen-bond donors (Lipinski definition) is 1.